The molecule has 2 aromatic rings. The van der Waals surface area contributed by atoms with Gasteiger partial charge in [-0.15, -0.1) is 0 Å². The number of aromatic nitrogens is 4. The molecule has 0 aromatic carbocycles. The molecular formula is C10H10N4O4. The first-order valence-electron chi connectivity index (χ1n) is 5.45. The zero-order chi connectivity index (χ0) is 12.5. The summed E-state index contributed by atoms with van der Waals surface area (Å²) in [6.07, 6.45) is 2.97. The van der Waals surface area contributed by atoms with Crippen LogP contribution in [-0.2, 0) is 9.53 Å². The number of hydrogen-bond acceptors (Lipinski definition) is 6. The Kier molecular flexibility index (Phi) is 2.56. The molecule has 94 valence electrons. The number of nitrogens with zero attached hydrogens (tertiary/aromatic N) is 3. The van der Waals surface area contributed by atoms with Crippen LogP contribution in [0.1, 0.15) is 24.8 Å². The summed E-state index contributed by atoms with van der Waals surface area (Å²) in [4.78, 5) is 21.8. The van der Waals surface area contributed by atoms with Gasteiger partial charge in [0.05, 0.1) is 0 Å². The van der Waals surface area contributed by atoms with Gasteiger partial charge in [-0.05, 0) is 12.8 Å². The van der Waals surface area contributed by atoms with E-state index in [1.54, 1.807) is 12.4 Å². The second kappa shape index (κ2) is 4.22. The minimum absolute atomic E-state index is 0.283. The lowest BCUT2D eigenvalue weighted by molar-refractivity contribution is -0.150. The fraction of sp³-hybridized carbons (Fsp3) is 0.400. The van der Waals surface area contributed by atoms with Crippen LogP contribution in [0, 0.1) is 0 Å². The van der Waals surface area contributed by atoms with Crippen molar-refractivity contribution in [3.63, 3.8) is 0 Å². The van der Waals surface area contributed by atoms with Gasteiger partial charge in [-0.1, -0.05) is 5.16 Å². The van der Waals surface area contributed by atoms with E-state index in [-0.39, 0.29) is 5.89 Å². The molecule has 0 bridgehead atoms. The number of hydrogen-bond donors (Lipinski definition) is 2. The number of carboxylic acids is 1. The molecule has 8 heteroatoms. The van der Waals surface area contributed by atoms with Crippen molar-refractivity contribution in [2.75, 3.05) is 0 Å². The Morgan fingerprint density at radius 1 is 1.50 bits per heavy atom. The minimum Gasteiger partial charge on any atom is -0.479 e. The Hall–Kier alpha value is -2.22. The van der Waals surface area contributed by atoms with E-state index in [1.807, 2.05) is 0 Å². The predicted molar refractivity (Wildman–Crippen MR) is 56.4 cm³/mol. The maximum absolute atomic E-state index is 10.8. The van der Waals surface area contributed by atoms with Crippen molar-refractivity contribution in [1.82, 2.24) is 20.1 Å². The van der Waals surface area contributed by atoms with Crippen molar-refractivity contribution in [2.24, 2.45) is 0 Å². The Labute approximate surface area is 101 Å². The number of imidazole rings is 1. The fourth-order valence-corrected chi connectivity index (χ4v) is 1.85. The summed E-state index contributed by atoms with van der Waals surface area (Å²) in [5, 5.41) is 12.6. The van der Waals surface area contributed by atoms with Gasteiger partial charge in [0.1, 0.15) is 6.10 Å². The average molecular weight is 250 g/mol. The Morgan fingerprint density at radius 3 is 3.06 bits per heavy atom. The highest BCUT2D eigenvalue weighted by Crippen LogP contribution is 2.32. The lowest BCUT2D eigenvalue weighted by Crippen LogP contribution is -2.18. The zero-order valence-electron chi connectivity index (χ0n) is 9.24. The van der Waals surface area contributed by atoms with E-state index in [9.17, 15) is 4.79 Å². The van der Waals surface area contributed by atoms with Gasteiger partial charge in [-0.3, -0.25) is 0 Å². The number of carboxylic acid groups (broad SMARTS) is 1. The molecule has 1 fully saturated rings. The molecule has 3 rings (SSSR count). The van der Waals surface area contributed by atoms with Crippen molar-refractivity contribution in [1.29, 1.82) is 0 Å². The molecule has 8 nitrogen and oxygen atoms in total. The Bertz CT molecular complexity index is 550. The van der Waals surface area contributed by atoms with Crippen LogP contribution >= 0.6 is 0 Å². The number of aromatic amines is 1. The maximum atomic E-state index is 10.8. The highest BCUT2D eigenvalue weighted by molar-refractivity contribution is 5.72. The Balaban J connectivity index is 1.77. The number of ether oxygens (including phenoxy) is 1. The smallest absolute Gasteiger partial charge is 0.332 e. The number of carbonyl (C=O) groups is 1. The van der Waals surface area contributed by atoms with E-state index in [0.29, 0.717) is 24.5 Å². The van der Waals surface area contributed by atoms with Crippen molar-refractivity contribution in [3.8, 4) is 11.6 Å². The van der Waals surface area contributed by atoms with E-state index in [0.717, 1.165) is 0 Å². The van der Waals surface area contributed by atoms with Crippen molar-refractivity contribution < 1.29 is 19.2 Å². The molecule has 3 heterocycles. The first kappa shape index (κ1) is 10.9. The molecule has 0 spiro atoms. The van der Waals surface area contributed by atoms with E-state index < -0.39 is 18.2 Å². The van der Waals surface area contributed by atoms with Crippen molar-refractivity contribution >= 4 is 5.97 Å². The van der Waals surface area contributed by atoms with Gasteiger partial charge < -0.3 is 19.4 Å². The molecule has 2 N–H and O–H groups in total. The van der Waals surface area contributed by atoms with Crippen LogP contribution < -0.4 is 0 Å². The van der Waals surface area contributed by atoms with Crippen molar-refractivity contribution in [3.05, 3.63) is 18.3 Å². The molecule has 0 aliphatic carbocycles. The fourth-order valence-electron chi connectivity index (χ4n) is 1.85. The molecule has 1 aliphatic heterocycles. The molecule has 2 aromatic heterocycles. The van der Waals surface area contributed by atoms with Gasteiger partial charge in [-0.25, -0.2) is 9.78 Å². The van der Waals surface area contributed by atoms with Gasteiger partial charge >= 0.3 is 5.97 Å². The van der Waals surface area contributed by atoms with E-state index in [4.69, 9.17) is 14.4 Å². The van der Waals surface area contributed by atoms with Gasteiger partial charge in [-0.2, -0.15) is 4.98 Å². The second-order valence-electron chi connectivity index (χ2n) is 3.92. The van der Waals surface area contributed by atoms with Crippen LogP contribution in [0.25, 0.3) is 11.6 Å². The van der Waals surface area contributed by atoms with Gasteiger partial charge in [0.15, 0.2) is 11.9 Å². The number of rotatable bonds is 3. The molecule has 0 saturated carbocycles. The molecule has 18 heavy (non-hydrogen) atoms. The summed E-state index contributed by atoms with van der Waals surface area (Å²) in [7, 11) is 0. The van der Waals surface area contributed by atoms with Gasteiger partial charge in [0.25, 0.3) is 5.89 Å². The normalized spacial score (nSPS) is 23.3. The standard InChI is InChI=1S/C10H10N4O4/c15-10(16)6-2-1-5(17-6)9-13-8(14-18-9)7-11-3-4-12-7/h3-6H,1-2H2,(H,11,12)(H,15,16). The third-order valence-electron chi connectivity index (χ3n) is 2.72. The zero-order valence-corrected chi connectivity index (χ0v) is 9.24. The van der Waals surface area contributed by atoms with Crippen molar-refractivity contribution in [2.45, 2.75) is 25.0 Å². The molecule has 1 saturated heterocycles. The summed E-state index contributed by atoms with van der Waals surface area (Å²) in [6, 6.07) is 0. The highest BCUT2D eigenvalue weighted by Gasteiger charge is 2.34. The lowest BCUT2D eigenvalue weighted by Gasteiger charge is -2.05. The predicted octanol–water partition coefficient (Wildman–Crippen LogP) is 0.764. The quantitative estimate of drug-likeness (QED) is 0.826. The van der Waals surface area contributed by atoms with Crippen LogP contribution in [0.15, 0.2) is 16.9 Å². The average Bonchev–Trinajstić information content (AvgIpc) is 3.10. The molecular weight excluding hydrogens is 240 g/mol. The summed E-state index contributed by atoms with van der Waals surface area (Å²) in [5.41, 5.74) is 0. The van der Waals surface area contributed by atoms with E-state index in [2.05, 4.69) is 20.1 Å². The second-order valence-corrected chi connectivity index (χ2v) is 3.92. The molecule has 2 unspecified atom stereocenters. The number of aliphatic carboxylic acids is 1. The topological polar surface area (TPSA) is 114 Å². The summed E-state index contributed by atoms with van der Waals surface area (Å²) < 4.78 is 10.4. The summed E-state index contributed by atoms with van der Waals surface area (Å²) >= 11 is 0. The molecule has 0 amide bonds. The molecule has 1 aliphatic rings. The lowest BCUT2D eigenvalue weighted by atomic mass is 10.2. The minimum atomic E-state index is -0.969. The van der Waals surface area contributed by atoms with E-state index in [1.165, 1.54) is 0 Å². The molecule has 0 radical (unpaired) electrons. The van der Waals surface area contributed by atoms with Crippen LogP contribution in [0.3, 0.4) is 0 Å². The van der Waals surface area contributed by atoms with Gasteiger partial charge in [0.2, 0.25) is 5.82 Å². The highest BCUT2D eigenvalue weighted by atomic mass is 16.5. The first-order chi connectivity index (χ1) is 8.74. The Morgan fingerprint density at radius 2 is 2.39 bits per heavy atom. The van der Waals surface area contributed by atoms with E-state index >= 15 is 0 Å². The van der Waals surface area contributed by atoms with Crippen LogP contribution in [0.5, 0.6) is 0 Å². The maximum Gasteiger partial charge on any atom is 0.332 e. The largest absolute Gasteiger partial charge is 0.479 e. The first-order valence-corrected chi connectivity index (χ1v) is 5.45. The summed E-state index contributed by atoms with van der Waals surface area (Å²) in [6.45, 7) is 0. The molecule has 2 atom stereocenters. The van der Waals surface area contributed by atoms with Crippen LogP contribution in [-0.4, -0.2) is 37.3 Å². The monoisotopic (exact) mass is 250 g/mol. The van der Waals surface area contributed by atoms with Crippen LogP contribution in [0.4, 0.5) is 0 Å². The van der Waals surface area contributed by atoms with Gasteiger partial charge in [0, 0.05) is 12.4 Å². The van der Waals surface area contributed by atoms with Crippen LogP contribution in [0.2, 0.25) is 0 Å². The SMILES string of the molecule is O=C(O)C1CCC(c2nc(-c3ncc[nH]3)no2)O1. The third-order valence-corrected chi connectivity index (χ3v) is 2.72. The summed E-state index contributed by atoms with van der Waals surface area (Å²) in [5.74, 6) is 0.142. The third kappa shape index (κ3) is 1.86. The number of H-pyrrole nitrogens is 1. The number of nitrogens with one attached hydrogen (secondary N) is 1.